The molecule has 0 heterocycles. The Kier molecular flexibility index (Phi) is 8.80. The van der Waals surface area contributed by atoms with Gasteiger partial charge in [-0.15, -0.1) is 0 Å². The molecule has 0 aliphatic heterocycles. The third-order valence-corrected chi connectivity index (χ3v) is 4.70. The Labute approximate surface area is 134 Å². The summed E-state index contributed by atoms with van der Waals surface area (Å²) in [6.07, 6.45) is 7.48. The van der Waals surface area contributed by atoms with Gasteiger partial charge in [-0.05, 0) is 46.5 Å². The number of hydrogen-bond donors (Lipinski definition) is 0. The van der Waals surface area contributed by atoms with E-state index in [1.165, 1.54) is 37.7 Å². The van der Waals surface area contributed by atoms with Gasteiger partial charge < -0.3 is 4.74 Å². The summed E-state index contributed by atoms with van der Waals surface area (Å²) in [7, 11) is 0. The summed E-state index contributed by atoms with van der Waals surface area (Å²) >= 11 is 7.38. The molecule has 0 bridgehead atoms. The first-order valence-electron chi connectivity index (χ1n) is 7.25. The number of hydrogen-bond acceptors (Lipinski definition) is 1. The van der Waals surface area contributed by atoms with Crippen molar-refractivity contribution in [2.75, 3.05) is 6.61 Å². The van der Waals surface area contributed by atoms with E-state index in [4.69, 9.17) is 4.74 Å². The molecule has 3 heteroatoms. The number of benzene rings is 1. The molecule has 1 aromatic carbocycles. The Morgan fingerprint density at radius 2 is 1.89 bits per heavy atom. The molecule has 0 N–H and O–H groups in total. The first-order valence-corrected chi connectivity index (χ1v) is 8.96. The zero-order valence-electron chi connectivity index (χ0n) is 11.9. The molecular weight excluding hydrogens is 368 g/mol. The van der Waals surface area contributed by atoms with Crippen molar-refractivity contribution in [2.24, 2.45) is 0 Å². The molecule has 0 aliphatic carbocycles. The molecule has 0 spiro atoms. The van der Waals surface area contributed by atoms with Gasteiger partial charge in [0, 0.05) is 4.83 Å². The lowest BCUT2D eigenvalue weighted by molar-refractivity contribution is 0.315. The average Bonchev–Trinajstić information content (AvgIpc) is 2.42. The van der Waals surface area contributed by atoms with Gasteiger partial charge in [0.05, 0.1) is 11.1 Å². The van der Waals surface area contributed by atoms with E-state index in [0.29, 0.717) is 4.83 Å². The predicted molar refractivity (Wildman–Crippen MR) is 90.4 cm³/mol. The fourth-order valence-electron chi connectivity index (χ4n) is 1.96. The largest absolute Gasteiger partial charge is 0.492 e. The number of ether oxygens (including phenoxy) is 1. The maximum atomic E-state index is 5.67. The maximum absolute atomic E-state index is 5.67. The van der Waals surface area contributed by atoms with Crippen LogP contribution < -0.4 is 4.74 Å². The van der Waals surface area contributed by atoms with Crippen molar-refractivity contribution in [1.29, 1.82) is 0 Å². The molecule has 19 heavy (non-hydrogen) atoms. The predicted octanol–water partition coefficient (Wildman–Crippen LogP) is 6.64. The number of unbranched alkanes of at least 4 members (excludes halogenated alkanes) is 3. The SMILES string of the molecule is CCCCCCC(Br)c1ccc(OCCC)c(Br)c1. The Morgan fingerprint density at radius 1 is 1.11 bits per heavy atom. The van der Waals surface area contributed by atoms with Gasteiger partial charge in [0.1, 0.15) is 5.75 Å². The third-order valence-electron chi connectivity index (χ3n) is 3.09. The molecule has 0 saturated carbocycles. The van der Waals surface area contributed by atoms with Crippen LogP contribution in [0.25, 0.3) is 0 Å². The van der Waals surface area contributed by atoms with Crippen LogP contribution in [0, 0.1) is 0 Å². The topological polar surface area (TPSA) is 9.23 Å². The van der Waals surface area contributed by atoms with E-state index >= 15 is 0 Å². The molecule has 0 amide bonds. The first kappa shape index (κ1) is 17.0. The van der Waals surface area contributed by atoms with E-state index in [0.717, 1.165) is 23.2 Å². The zero-order chi connectivity index (χ0) is 14.1. The summed E-state index contributed by atoms with van der Waals surface area (Å²) in [5.41, 5.74) is 1.33. The van der Waals surface area contributed by atoms with Crippen molar-refractivity contribution in [3.8, 4) is 5.75 Å². The fourth-order valence-corrected chi connectivity index (χ4v) is 3.08. The highest BCUT2D eigenvalue weighted by Gasteiger charge is 2.10. The molecule has 0 fully saturated rings. The van der Waals surface area contributed by atoms with E-state index in [1.807, 2.05) is 0 Å². The van der Waals surface area contributed by atoms with E-state index in [-0.39, 0.29) is 0 Å². The van der Waals surface area contributed by atoms with Crippen molar-refractivity contribution in [1.82, 2.24) is 0 Å². The molecule has 0 aromatic heterocycles. The van der Waals surface area contributed by atoms with Crippen molar-refractivity contribution in [3.63, 3.8) is 0 Å². The minimum Gasteiger partial charge on any atom is -0.492 e. The molecule has 1 aromatic rings. The highest BCUT2D eigenvalue weighted by Crippen LogP contribution is 2.34. The Hall–Kier alpha value is -0.0200. The standard InChI is InChI=1S/C16H24Br2O/c1-3-5-6-7-8-14(17)13-9-10-16(15(18)12-13)19-11-4-2/h9-10,12,14H,3-8,11H2,1-2H3. The van der Waals surface area contributed by atoms with Crippen LogP contribution in [0.5, 0.6) is 5.75 Å². The number of halogens is 2. The molecule has 108 valence electrons. The molecule has 0 radical (unpaired) electrons. The van der Waals surface area contributed by atoms with Gasteiger partial charge >= 0.3 is 0 Å². The monoisotopic (exact) mass is 390 g/mol. The van der Waals surface area contributed by atoms with Gasteiger partial charge in [-0.3, -0.25) is 0 Å². The minimum atomic E-state index is 0.445. The van der Waals surface area contributed by atoms with Crippen molar-refractivity contribution in [2.45, 2.75) is 57.2 Å². The van der Waals surface area contributed by atoms with Crippen molar-refractivity contribution < 1.29 is 4.74 Å². The number of alkyl halides is 1. The van der Waals surface area contributed by atoms with Crippen LogP contribution in [0.15, 0.2) is 22.7 Å². The van der Waals surface area contributed by atoms with Crippen molar-refractivity contribution in [3.05, 3.63) is 28.2 Å². The second-order valence-electron chi connectivity index (χ2n) is 4.86. The first-order chi connectivity index (χ1) is 9.19. The highest BCUT2D eigenvalue weighted by molar-refractivity contribution is 9.10. The highest BCUT2D eigenvalue weighted by atomic mass is 79.9. The van der Waals surface area contributed by atoms with Gasteiger partial charge in [0.15, 0.2) is 0 Å². The lowest BCUT2D eigenvalue weighted by atomic mass is 10.1. The number of rotatable bonds is 9. The Balaban J connectivity index is 2.51. The van der Waals surface area contributed by atoms with Crippen LogP contribution in [0.4, 0.5) is 0 Å². The lowest BCUT2D eigenvalue weighted by Gasteiger charge is -2.13. The van der Waals surface area contributed by atoms with E-state index in [1.54, 1.807) is 0 Å². The van der Waals surface area contributed by atoms with Crippen LogP contribution >= 0.6 is 31.9 Å². The molecule has 1 unspecified atom stereocenters. The molecule has 0 aliphatic rings. The van der Waals surface area contributed by atoms with E-state index < -0.39 is 0 Å². The molecule has 0 saturated heterocycles. The maximum Gasteiger partial charge on any atom is 0.133 e. The Bertz CT molecular complexity index is 366. The summed E-state index contributed by atoms with van der Waals surface area (Å²) in [6, 6.07) is 6.40. The van der Waals surface area contributed by atoms with Gasteiger partial charge in [0.2, 0.25) is 0 Å². The van der Waals surface area contributed by atoms with E-state index in [2.05, 4.69) is 63.9 Å². The van der Waals surface area contributed by atoms with Crippen LogP contribution in [-0.4, -0.2) is 6.61 Å². The van der Waals surface area contributed by atoms with Crippen LogP contribution in [-0.2, 0) is 0 Å². The van der Waals surface area contributed by atoms with Crippen LogP contribution in [0.1, 0.15) is 62.8 Å². The second-order valence-corrected chi connectivity index (χ2v) is 6.81. The van der Waals surface area contributed by atoms with E-state index in [9.17, 15) is 0 Å². The van der Waals surface area contributed by atoms with Gasteiger partial charge in [-0.1, -0.05) is 61.5 Å². The van der Waals surface area contributed by atoms with Gasteiger partial charge in [-0.2, -0.15) is 0 Å². The molecular formula is C16H24Br2O. The second kappa shape index (κ2) is 9.82. The third kappa shape index (κ3) is 6.31. The fraction of sp³-hybridized carbons (Fsp3) is 0.625. The van der Waals surface area contributed by atoms with Crippen LogP contribution in [0.2, 0.25) is 0 Å². The minimum absolute atomic E-state index is 0.445. The van der Waals surface area contributed by atoms with Crippen LogP contribution in [0.3, 0.4) is 0 Å². The smallest absolute Gasteiger partial charge is 0.133 e. The summed E-state index contributed by atoms with van der Waals surface area (Å²) in [4.78, 5) is 0.445. The zero-order valence-corrected chi connectivity index (χ0v) is 15.1. The lowest BCUT2D eigenvalue weighted by Crippen LogP contribution is -1.97. The van der Waals surface area contributed by atoms with Crippen molar-refractivity contribution >= 4 is 31.9 Å². The summed E-state index contributed by atoms with van der Waals surface area (Å²) in [5.74, 6) is 0.941. The van der Waals surface area contributed by atoms with Gasteiger partial charge in [0.25, 0.3) is 0 Å². The summed E-state index contributed by atoms with van der Waals surface area (Å²) in [6.45, 7) is 5.14. The quantitative estimate of drug-likeness (QED) is 0.338. The summed E-state index contributed by atoms with van der Waals surface area (Å²) in [5, 5.41) is 0. The Morgan fingerprint density at radius 3 is 2.53 bits per heavy atom. The van der Waals surface area contributed by atoms with Gasteiger partial charge in [-0.25, -0.2) is 0 Å². The summed E-state index contributed by atoms with van der Waals surface area (Å²) < 4.78 is 6.72. The molecule has 1 rings (SSSR count). The molecule has 1 atom stereocenters. The average molecular weight is 392 g/mol. The normalized spacial score (nSPS) is 12.4. The molecule has 1 nitrogen and oxygen atoms in total.